The molecule has 1 aliphatic heterocycles. The lowest BCUT2D eigenvalue weighted by atomic mass is 10.1. The average molecular weight is 472 g/mol. The topological polar surface area (TPSA) is 111 Å². The van der Waals surface area contributed by atoms with Crippen molar-refractivity contribution in [2.24, 2.45) is 0 Å². The summed E-state index contributed by atoms with van der Waals surface area (Å²) in [6.07, 6.45) is 12.1. The standard InChI is InChI=1S/C25H26FN9/c1-14(2)30-16-8-15(9-27-10-16)22-21(26)20-17(12-29-22)33-34-24(20)25-31-18-11-28-13-19(23(18)32-25)35-6-4-3-5-7-35/h8-14,30H,3-7H2,1-2H3,(H,31,32)(H,33,34). The number of hydrogen-bond donors (Lipinski definition) is 3. The Hall–Kier alpha value is -4.08. The maximum absolute atomic E-state index is 15.9. The van der Waals surface area contributed by atoms with E-state index in [2.05, 4.69) is 40.3 Å². The second kappa shape index (κ2) is 8.61. The number of rotatable bonds is 5. The molecule has 5 aromatic rings. The second-order valence-electron chi connectivity index (χ2n) is 9.23. The van der Waals surface area contributed by atoms with Gasteiger partial charge in [-0.3, -0.25) is 20.1 Å². The lowest BCUT2D eigenvalue weighted by Gasteiger charge is -2.28. The van der Waals surface area contributed by atoms with Crippen molar-refractivity contribution in [1.82, 2.24) is 35.1 Å². The van der Waals surface area contributed by atoms with Crippen LogP contribution in [0.2, 0.25) is 0 Å². The van der Waals surface area contributed by atoms with Gasteiger partial charge in [-0.25, -0.2) is 9.37 Å². The Bertz CT molecular complexity index is 1510. The van der Waals surface area contributed by atoms with Gasteiger partial charge in [0.2, 0.25) is 0 Å². The molecular formula is C25H26FN9. The number of hydrogen-bond acceptors (Lipinski definition) is 7. The molecule has 0 bridgehead atoms. The Morgan fingerprint density at radius 3 is 2.63 bits per heavy atom. The maximum Gasteiger partial charge on any atom is 0.161 e. The first-order valence-corrected chi connectivity index (χ1v) is 11.9. The summed E-state index contributed by atoms with van der Waals surface area (Å²) in [6, 6.07) is 2.08. The number of nitrogens with zero attached hydrogens (tertiary/aromatic N) is 6. The van der Waals surface area contributed by atoms with E-state index in [0.29, 0.717) is 28.0 Å². The molecule has 6 heterocycles. The molecule has 0 atom stereocenters. The van der Waals surface area contributed by atoms with E-state index in [1.807, 2.05) is 26.1 Å². The molecule has 35 heavy (non-hydrogen) atoms. The smallest absolute Gasteiger partial charge is 0.161 e. The lowest BCUT2D eigenvalue weighted by Crippen LogP contribution is -2.29. The summed E-state index contributed by atoms with van der Waals surface area (Å²) in [5.74, 6) is 0.0199. The van der Waals surface area contributed by atoms with E-state index < -0.39 is 5.82 Å². The van der Waals surface area contributed by atoms with Gasteiger partial charge in [-0.15, -0.1) is 0 Å². The number of aromatic nitrogens is 7. The van der Waals surface area contributed by atoms with Gasteiger partial charge in [-0.1, -0.05) is 0 Å². The number of aromatic amines is 2. The van der Waals surface area contributed by atoms with Gasteiger partial charge in [0.1, 0.15) is 16.9 Å². The van der Waals surface area contributed by atoms with E-state index in [1.165, 1.54) is 6.42 Å². The Balaban J connectivity index is 1.45. The minimum atomic E-state index is -0.468. The number of piperidine rings is 1. The Morgan fingerprint density at radius 1 is 0.971 bits per heavy atom. The summed E-state index contributed by atoms with van der Waals surface area (Å²) in [5, 5.41) is 10.9. The summed E-state index contributed by atoms with van der Waals surface area (Å²) in [4.78, 5) is 23.5. The molecule has 3 N–H and O–H groups in total. The number of imidazole rings is 1. The van der Waals surface area contributed by atoms with Crippen LogP contribution >= 0.6 is 0 Å². The molecule has 0 saturated carbocycles. The second-order valence-corrected chi connectivity index (χ2v) is 9.23. The fraction of sp³-hybridized carbons (Fsp3) is 0.320. The van der Waals surface area contributed by atoms with Crippen molar-refractivity contribution >= 4 is 33.3 Å². The van der Waals surface area contributed by atoms with Crippen molar-refractivity contribution in [3.63, 3.8) is 0 Å². The van der Waals surface area contributed by atoms with Crippen LogP contribution in [0, 0.1) is 5.82 Å². The monoisotopic (exact) mass is 471 g/mol. The number of nitrogens with one attached hydrogen (secondary N) is 3. The van der Waals surface area contributed by atoms with Crippen molar-refractivity contribution in [3.05, 3.63) is 42.9 Å². The van der Waals surface area contributed by atoms with Crippen LogP contribution in [0.25, 0.3) is 44.7 Å². The van der Waals surface area contributed by atoms with Crippen LogP contribution in [0.1, 0.15) is 33.1 Å². The zero-order valence-corrected chi connectivity index (χ0v) is 19.6. The molecule has 1 fully saturated rings. The molecule has 178 valence electrons. The molecule has 0 aliphatic carbocycles. The maximum atomic E-state index is 15.9. The SMILES string of the molecule is CC(C)Nc1cncc(-c2ncc3[nH]nc(-c4nc5c(N6CCCCC6)cncc5[nH]4)c3c2F)c1. The van der Waals surface area contributed by atoms with E-state index in [9.17, 15) is 0 Å². The number of H-pyrrole nitrogens is 2. The first kappa shape index (κ1) is 21.5. The van der Waals surface area contributed by atoms with Gasteiger partial charge in [-0.05, 0) is 39.2 Å². The third-order valence-electron chi connectivity index (χ3n) is 6.31. The minimum absolute atomic E-state index is 0.215. The highest BCUT2D eigenvalue weighted by atomic mass is 19.1. The van der Waals surface area contributed by atoms with Crippen LogP contribution in [0.3, 0.4) is 0 Å². The largest absolute Gasteiger partial charge is 0.382 e. The van der Waals surface area contributed by atoms with Gasteiger partial charge in [0.15, 0.2) is 11.6 Å². The summed E-state index contributed by atoms with van der Waals surface area (Å²) in [7, 11) is 0. The molecule has 0 unspecified atom stereocenters. The van der Waals surface area contributed by atoms with Gasteiger partial charge in [0.05, 0.1) is 46.4 Å². The number of halogens is 1. The molecule has 5 aromatic heterocycles. The van der Waals surface area contributed by atoms with Crippen molar-refractivity contribution in [3.8, 4) is 22.8 Å². The average Bonchev–Trinajstić information content (AvgIpc) is 3.49. The van der Waals surface area contributed by atoms with E-state index in [4.69, 9.17) is 4.98 Å². The Labute approximate surface area is 201 Å². The van der Waals surface area contributed by atoms with Crippen LogP contribution in [0.4, 0.5) is 15.8 Å². The van der Waals surface area contributed by atoms with Crippen molar-refractivity contribution in [2.75, 3.05) is 23.3 Å². The first-order chi connectivity index (χ1) is 17.1. The summed E-state index contributed by atoms with van der Waals surface area (Å²) >= 11 is 0. The van der Waals surface area contributed by atoms with Gasteiger partial charge >= 0.3 is 0 Å². The predicted octanol–water partition coefficient (Wildman–Crippen LogP) is 4.91. The third kappa shape index (κ3) is 3.84. The van der Waals surface area contributed by atoms with Crippen molar-refractivity contribution < 1.29 is 4.39 Å². The van der Waals surface area contributed by atoms with Gasteiger partial charge in [0, 0.05) is 37.1 Å². The van der Waals surface area contributed by atoms with Crippen LogP contribution in [0.15, 0.2) is 37.1 Å². The molecule has 10 heteroatoms. The number of anilines is 2. The Morgan fingerprint density at radius 2 is 1.80 bits per heavy atom. The normalized spacial score (nSPS) is 14.3. The fourth-order valence-electron chi connectivity index (χ4n) is 4.73. The van der Waals surface area contributed by atoms with E-state index in [0.717, 1.165) is 48.3 Å². The quantitative estimate of drug-likeness (QED) is 0.334. The minimum Gasteiger partial charge on any atom is -0.382 e. The van der Waals surface area contributed by atoms with Gasteiger partial charge in [-0.2, -0.15) is 5.10 Å². The molecular weight excluding hydrogens is 445 g/mol. The summed E-state index contributed by atoms with van der Waals surface area (Å²) < 4.78 is 15.9. The van der Waals surface area contributed by atoms with Crippen LogP contribution in [0.5, 0.6) is 0 Å². The van der Waals surface area contributed by atoms with Crippen LogP contribution in [-0.4, -0.2) is 54.2 Å². The lowest BCUT2D eigenvalue weighted by molar-refractivity contribution is 0.578. The highest BCUT2D eigenvalue weighted by Crippen LogP contribution is 2.34. The van der Waals surface area contributed by atoms with Crippen molar-refractivity contribution in [1.29, 1.82) is 0 Å². The highest BCUT2D eigenvalue weighted by molar-refractivity contribution is 5.97. The molecule has 6 rings (SSSR count). The van der Waals surface area contributed by atoms with Gasteiger partial charge < -0.3 is 15.2 Å². The summed E-state index contributed by atoms with van der Waals surface area (Å²) in [6.45, 7) is 6.04. The van der Waals surface area contributed by atoms with E-state index in [1.54, 1.807) is 24.8 Å². The number of pyridine rings is 3. The van der Waals surface area contributed by atoms with Crippen LogP contribution in [-0.2, 0) is 0 Å². The molecule has 9 nitrogen and oxygen atoms in total. The fourth-order valence-corrected chi connectivity index (χ4v) is 4.73. The molecule has 0 amide bonds. The molecule has 0 radical (unpaired) electrons. The molecule has 0 spiro atoms. The highest BCUT2D eigenvalue weighted by Gasteiger charge is 2.22. The predicted molar refractivity (Wildman–Crippen MR) is 135 cm³/mol. The zero-order valence-electron chi connectivity index (χ0n) is 19.6. The molecule has 0 aromatic carbocycles. The molecule has 1 saturated heterocycles. The van der Waals surface area contributed by atoms with Crippen LogP contribution < -0.4 is 10.2 Å². The zero-order chi connectivity index (χ0) is 23.9. The van der Waals surface area contributed by atoms with E-state index in [-0.39, 0.29) is 11.7 Å². The first-order valence-electron chi connectivity index (χ1n) is 11.9. The Kier molecular flexibility index (Phi) is 5.28. The van der Waals surface area contributed by atoms with E-state index >= 15 is 4.39 Å². The summed E-state index contributed by atoms with van der Waals surface area (Å²) in [5.41, 5.74) is 5.13. The third-order valence-corrected chi connectivity index (χ3v) is 6.31. The van der Waals surface area contributed by atoms with Gasteiger partial charge in [0.25, 0.3) is 0 Å². The van der Waals surface area contributed by atoms with Crippen molar-refractivity contribution in [2.45, 2.75) is 39.2 Å². The molecule has 1 aliphatic rings. The number of fused-ring (bicyclic) bond motifs is 2.